The minimum Gasteiger partial charge on any atom is -0.497 e. The van der Waals surface area contributed by atoms with Crippen molar-refractivity contribution in [3.63, 3.8) is 0 Å². The number of methoxy groups -OCH3 is 1. The number of allylic oxidation sites excluding steroid dienone is 2. The highest BCUT2D eigenvalue weighted by Gasteiger charge is 2.57. The van der Waals surface area contributed by atoms with Gasteiger partial charge in [0.05, 0.1) is 31.6 Å². The number of fused-ring (bicyclic) bond motifs is 9. The average Bonchev–Trinajstić information content (AvgIpc) is 3.80. The molecule has 0 saturated heterocycles. The van der Waals surface area contributed by atoms with Crippen molar-refractivity contribution in [1.29, 1.82) is 0 Å². The third-order valence-electron chi connectivity index (χ3n) is 12.0. The molecule has 3 aliphatic carbocycles. The number of anilines is 1. The van der Waals surface area contributed by atoms with Gasteiger partial charge in [0.15, 0.2) is 5.76 Å². The fourth-order valence-electron chi connectivity index (χ4n) is 8.77. The van der Waals surface area contributed by atoms with E-state index in [0.717, 1.165) is 33.9 Å². The summed E-state index contributed by atoms with van der Waals surface area (Å²) in [6, 6.07) is 30.5. The third-order valence-corrected chi connectivity index (χ3v) is 12.0. The van der Waals surface area contributed by atoms with Gasteiger partial charge in [0.25, 0.3) is 0 Å². The molecule has 280 valence electrons. The van der Waals surface area contributed by atoms with Gasteiger partial charge in [-0.05, 0) is 128 Å². The summed E-state index contributed by atoms with van der Waals surface area (Å²) in [6.45, 7) is 4.60. The number of rotatable bonds is 8. The van der Waals surface area contributed by atoms with Crippen molar-refractivity contribution in [2.45, 2.75) is 83.0 Å². The van der Waals surface area contributed by atoms with E-state index >= 15 is 0 Å². The van der Waals surface area contributed by atoms with Crippen molar-refractivity contribution in [2.75, 3.05) is 19.0 Å². The first kappa shape index (κ1) is 37.1. The Morgan fingerprint density at radius 2 is 1.76 bits per heavy atom. The molecule has 2 amide bonds. The number of hydrogen-bond acceptors (Lipinski definition) is 6. The standard InChI is InChI=1S/C46H50N2O6/c1-31-9-7-24-45(2)41(39-22-16-32(27-36(49)19-15-31)28-40(39)43(50)42-14-8-26-54-42)23-25-46(45,52)30-48(44(51)47-35-17-20-37(53-3)21-18-35)29-34-12-6-11-33-10-4-5-13-38(33)34/h4-6,8-14,16-18,20-22,26,28,36,41,49,52H,7,15,19,23-25,27,29-30H2,1-3H3,(H,47,51)/t36-,41-,45-,46+/m0/s1. The van der Waals surface area contributed by atoms with Gasteiger partial charge in [-0.3, -0.25) is 4.79 Å². The maximum Gasteiger partial charge on any atom is 0.322 e. The fraction of sp³-hybridized carbons (Fsp3) is 0.348. The number of benzene rings is 4. The average molecular weight is 727 g/mol. The van der Waals surface area contributed by atoms with E-state index in [1.165, 1.54) is 11.8 Å². The Labute approximate surface area is 317 Å². The summed E-state index contributed by atoms with van der Waals surface area (Å²) in [5.41, 5.74) is 3.03. The van der Waals surface area contributed by atoms with Crippen molar-refractivity contribution in [2.24, 2.45) is 5.41 Å². The highest BCUT2D eigenvalue weighted by atomic mass is 16.5. The van der Waals surface area contributed by atoms with Crippen LogP contribution in [0.1, 0.15) is 91.1 Å². The lowest BCUT2D eigenvalue weighted by Crippen LogP contribution is -2.54. The quantitative estimate of drug-likeness (QED) is 0.109. The van der Waals surface area contributed by atoms with Gasteiger partial charge < -0.3 is 29.6 Å². The Hall–Kier alpha value is -5.18. The second-order valence-corrected chi connectivity index (χ2v) is 15.4. The molecule has 3 N–H and O–H groups in total. The van der Waals surface area contributed by atoms with E-state index in [1.54, 1.807) is 48.4 Å². The number of hydrogen-bond donors (Lipinski definition) is 3. The minimum absolute atomic E-state index is 0.0830. The number of amides is 2. The number of nitrogens with zero attached hydrogens (tertiary/aromatic N) is 1. The van der Waals surface area contributed by atoms with Crippen molar-refractivity contribution < 1.29 is 29.0 Å². The maximum atomic E-state index is 14.4. The van der Waals surface area contributed by atoms with Crippen molar-refractivity contribution >= 4 is 28.3 Å². The van der Waals surface area contributed by atoms with Crippen LogP contribution in [0.5, 0.6) is 5.75 Å². The molecule has 0 unspecified atom stereocenters. The largest absolute Gasteiger partial charge is 0.497 e. The molecule has 54 heavy (non-hydrogen) atoms. The first-order valence-electron chi connectivity index (χ1n) is 19.0. The van der Waals surface area contributed by atoms with Crippen LogP contribution in [0.2, 0.25) is 0 Å². The summed E-state index contributed by atoms with van der Waals surface area (Å²) in [5.74, 6) is 0.520. The highest BCUT2D eigenvalue weighted by Crippen LogP contribution is 2.59. The molecule has 0 radical (unpaired) electrons. The molecule has 4 aromatic carbocycles. The van der Waals surface area contributed by atoms with Gasteiger partial charge in [-0.2, -0.15) is 0 Å². The Morgan fingerprint density at radius 3 is 2.54 bits per heavy atom. The van der Waals surface area contributed by atoms with Gasteiger partial charge in [0, 0.05) is 23.2 Å². The van der Waals surface area contributed by atoms with E-state index in [9.17, 15) is 19.8 Å². The van der Waals surface area contributed by atoms with Crippen LogP contribution < -0.4 is 10.1 Å². The van der Waals surface area contributed by atoms with E-state index in [0.29, 0.717) is 55.5 Å². The zero-order chi connectivity index (χ0) is 37.9. The molecule has 1 aromatic heterocycles. The van der Waals surface area contributed by atoms with Gasteiger partial charge >= 0.3 is 6.03 Å². The van der Waals surface area contributed by atoms with Gasteiger partial charge in [0.2, 0.25) is 5.78 Å². The summed E-state index contributed by atoms with van der Waals surface area (Å²) in [4.78, 5) is 30.3. The number of carbonyl (C=O) groups excluding carboxylic acids is 2. The molecule has 1 heterocycles. The van der Waals surface area contributed by atoms with Crippen molar-refractivity contribution in [3.05, 3.63) is 143 Å². The molecule has 4 atom stereocenters. The lowest BCUT2D eigenvalue weighted by atomic mass is 9.64. The van der Waals surface area contributed by atoms with Crippen LogP contribution in [0.3, 0.4) is 0 Å². The van der Waals surface area contributed by atoms with Gasteiger partial charge in [-0.15, -0.1) is 0 Å². The Balaban J connectivity index is 1.30. The normalized spacial score (nSPS) is 22.9. The van der Waals surface area contributed by atoms with Gasteiger partial charge in [-0.1, -0.05) is 73.2 Å². The molecule has 5 aromatic rings. The Bertz CT molecular complexity index is 2140. The fourth-order valence-corrected chi connectivity index (χ4v) is 8.77. The summed E-state index contributed by atoms with van der Waals surface area (Å²) in [6.07, 6.45) is 7.39. The van der Waals surface area contributed by atoms with Gasteiger partial charge in [-0.25, -0.2) is 4.79 Å². The zero-order valence-corrected chi connectivity index (χ0v) is 31.4. The molecule has 8 rings (SSSR count). The lowest BCUT2D eigenvalue weighted by Gasteiger charge is -2.46. The molecule has 8 heteroatoms. The summed E-state index contributed by atoms with van der Waals surface area (Å²) >= 11 is 0. The Kier molecular flexibility index (Phi) is 10.8. The minimum atomic E-state index is -1.31. The van der Waals surface area contributed by atoms with E-state index in [-0.39, 0.29) is 36.6 Å². The molecule has 1 saturated carbocycles. The molecule has 8 nitrogen and oxygen atoms in total. The predicted molar refractivity (Wildman–Crippen MR) is 212 cm³/mol. The van der Waals surface area contributed by atoms with Crippen LogP contribution in [0.25, 0.3) is 10.8 Å². The van der Waals surface area contributed by atoms with E-state index in [1.807, 2.05) is 42.5 Å². The number of aliphatic hydroxyl groups is 2. The second-order valence-electron chi connectivity index (χ2n) is 15.4. The molecular formula is C46H50N2O6. The van der Waals surface area contributed by atoms with Crippen LogP contribution in [0.4, 0.5) is 10.5 Å². The molecule has 3 aliphatic rings. The van der Waals surface area contributed by atoms with Crippen LogP contribution in [0, 0.1) is 5.41 Å². The first-order chi connectivity index (χ1) is 26.1. The number of nitrogens with one attached hydrogen (secondary N) is 1. The van der Waals surface area contributed by atoms with Crippen molar-refractivity contribution in [3.8, 4) is 5.75 Å². The lowest BCUT2D eigenvalue weighted by molar-refractivity contribution is -0.0773. The molecule has 0 spiro atoms. The smallest absolute Gasteiger partial charge is 0.322 e. The number of aliphatic hydroxyl groups excluding tert-OH is 1. The first-order valence-corrected chi connectivity index (χ1v) is 19.0. The predicted octanol–water partition coefficient (Wildman–Crippen LogP) is 9.45. The van der Waals surface area contributed by atoms with Crippen LogP contribution in [-0.4, -0.2) is 52.3 Å². The summed E-state index contributed by atoms with van der Waals surface area (Å²) in [7, 11) is 1.60. The number of ketones is 1. The highest BCUT2D eigenvalue weighted by molar-refractivity contribution is 6.08. The third kappa shape index (κ3) is 7.59. The SMILES string of the molecule is COc1ccc(NC(=O)N(Cc2cccc3ccccc23)C[C@]2(O)CC[C@H]3c4ccc(cc4C(=O)c4ccco4)C[C@@H](O)CCC(C)=CCC[C@@]32C)cc1. The maximum absolute atomic E-state index is 14.4. The van der Waals surface area contributed by atoms with E-state index < -0.39 is 17.1 Å². The van der Waals surface area contributed by atoms with Crippen molar-refractivity contribution in [1.82, 2.24) is 4.90 Å². The molecule has 2 bridgehead atoms. The Morgan fingerprint density at radius 1 is 0.963 bits per heavy atom. The van der Waals surface area contributed by atoms with E-state index in [4.69, 9.17) is 9.15 Å². The van der Waals surface area contributed by atoms with Crippen LogP contribution >= 0.6 is 0 Å². The molecule has 1 fully saturated rings. The zero-order valence-electron chi connectivity index (χ0n) is 31.4. The van der Waals surface area contributed by atoms with Crippen LogP contribution in [0.15, 0.2) is 119 Å². The molecular weight excluding hydrogens is 677 g/mol. The number of ether oxygens (including phenoxy) is 1. The topological polar surface area (TPSA) is 112 Å². The number of furan rings is 1. The van der Waals surface area contributed by atoms with Gasteiger partial charge in [0.1, 0.15) is 5.75 Å². The molecule has 0 aliphatic heterocycles. The van der Waals surface area contributed by atoms with E-state index in [2.05, 4.69) is 43.4 Å². The monoisotopic (exact) mass is 726 g/mol. The van der Waals surface area contributed by atoms with Crippen LogP contribution in [-0.2, 0) is 13.0 Å². The number of carbonyl (C=O) groups is 2. The summed E-state index contributed by atoms with van der Waals surface area (Å²) < 4.78 is 10.9. The second kappa shape index (κ2) is 15.7. The number of urea groups is 1. The summed E-state index contributed by atoms with van der Waals surface area (Å²) in [5, 5.41) is 29.3.